The summed E-state index contributed by atoms with van der Waals surface area (Å²) in [5.41, 5.74) is -0.192. The summed E-state index contributed by atoms with van der Waals surface area (Å²) in [5, 5.41) is 10.4. The number of ether oxygens (including phenoxy) is 2. The lowest BCUT2D eigenvalue weighted by atomic mass is 9.96. The third kappa shape index (κ3) is 3.37. The molecule has 0 bridgehead atoms. The minimum atomic E-state index is -0.835. The van der Waals surface area contributed by atoms with Crippen molar-refractivity contribution in [1.82, 2.24) is 4.57 Å². The molecule has 0 unspecified atom stereocenters. The molecule has 1 aliphatic rings. The van der Waals surface area contributed by atoms with Gasteiger partial charge in [0.25, 0.3) is 5.56 Å². The molecule has 0 amide bonds. The van der Waals surface area contributed by atoms with Crippen LogP contribution in [0.5, 0.6) is 5.75 Å². The molecule has 22 heavy (non-hydrogen) atoms. The van der Waals surface area contributed by atoms with Gasteiger partial charge in [0.05, 0.1) is 5.69 Å². The highest BCUT2D eigenvalue weighted by Crippen LogP contribution is 2.23. The quantitative estimate of drug-likeness (QED) is 0.935. The first-order valence-electron chi connectivity index (χ1n) is 7.37. The molecule has 0 radical (unpaired) electrons. The highest BCUT2D eigenvalue weighted by Gasteiger charge is 2.30. The van der Waals surface area contributed by atoms with Gasteiger partial charge in [0.15, 0.2) is 0 Å². The monoisotopic (exact) mass is 301 g/mol. The third-order valence-electron chi connectivity index (χ3n) is 3.85. The van der Waals surface area contributed by atoms with E-state index in [1.807, 2.05) is 18.2 Å². The van der Waals surface area contributed by atoms with E-state index in [9.17, 15) is 9.90 Å². The van der Waals surface area contributed by atoms with Crippen LogP contribution >= 0.6 is 0 Å². The van der Waals surface area contributed by atoms with Gasteiger partial charge in [0, 0.05) is 44.4 Å². The van der Waals surface area contributed by atoms with E-state index in [2.05, 4.69) is 0 Å². The number of benzene rings is 1. The van der Waals surface area contributed by atoms with Crippen molar-refractivity contribution < 1.29 is 14.6 Å². The highest BCUT2D eigenvalue weighted by molar-refractivity contribution is 5.39. The number of aliphatic hydroxyl groups is 1. The van der Waals surface area contributed by atoms with Crippen LogP contribution in [0, 0.1) is 0 Å². The minimum absolute atomic E-state index is 0.0947. The van der Waals surface area contributed by atoms with Crippen molar-refractivity contribution in [2.24, 2.45) is 0 Å². The summed E-state index contributed by atoms with van der Waals surface area (Å²) in [6, 6.07) is 12.3. The zero-order chi connectivity index (χ0) is 15.4. The smallest absolute Gasteiger partial charge is 0.255 e. The molecular formula is C17H19NO4. The number of hydrogen-bond acceptors (Lipinski definition) is 4. The lowest BCUT2D eigenvalue weighted by Crippen LogP contribution is -2.41. The molecule has 1 aliphatic heterocycles. The maximum Gasteiger partial charge on any atom is 0.255 e. The van der Waals surface area contributed by atoms with E-state index in [-0.39, 0.29) is 12.2 Å². The zero-order valence-corrected chi connectivity index (χ0v) is 12.3. The maximum absolute atomic E-state index is 11.9. The van der Waals surface area contributed by atoms with Crippen LogP contribution in [0.3, 0.4) is 0 Å². The van der Waals surface area contributed by atoms with Crippen LogP contribution in [0.1, 0.15) is 12.8 Å². The number of rotatable bonds is 4. The lowest BCUT2D eigenvalue weighted by Gasteiger charge is -2.31. The molecule has 5 nitrogen and oxygen atoms in total. The van der Waals surface area contributed by atoms with Crippen LogP contribution in [-0.2, 0) is 4.74 Å². The van der Waals surface area contributed by atoms with Crippen LogP contribution < -0.4 is 10.3 Å². The van der Waals surface area contributed by atoms with Crippen molar-refractivity contribution in [3.05, 3.63) is 59.0 Å². The van der Waals surface area contributed by atoms with Gasteiger partial charge in [-0.25, -0.2) is 0 Å². The second-order valence-corrected chi connectivity index (χ2v) is 5.53. The van der Waals surface area contributed by atoms with E-state index in [1.54, 1.807) is 29.0 Å². The predicted molar refractivity (Wildman–Crippen MR) is 82.5 cm³/mol. The summed E-state index contributed by atoms with van der Waals surface area (Å²) in [6.45, 7) is 1.34. The summed E-state index contributed by atoms with van der Waals surface area (Å²) < 4.78 is 12.5. The predicted octanol–water partition coefficient (Wildman–Crippen LogP) is 1.76. The highest BCUT2D eigenvalue weighted by atomic mass is 16.5. The van der Waals surface area contributed by atoms with Crippen LogP contribution in [0.4, 0.5) is 0 Å². The van der Waals surface area contributed by atoms with Gasteiger partial charge in [-0.15, -0.1) is 0 Å². The van der Waals surface area contributed by atoms with Crippen LogP contribution in [0.15, 0.2) is 53.5 Å². The molecule has 1 aromatic heterocycles. The largest absolute Gasteiger partial charge is 0.491 e. The molecule has 2 heterocycles. The topological polar surface area (TPSA) is 60.7 Å². The van der Waals surface area contributed by atoms with Gasteiger partial charge in [0.1, 0.15) is 18.0 Å². The average molecular weight is 301 g/mol. The third-order valence-corrected chi connectivity index (χ3v) is 3.85. The standard InChI is InChI=1S/C17H19NO4/c19-16-6-1-2-9-18(16)14-4-3-5-15(12-14)22-13-17(20)7-10-21-11-8-17/h1-6,9,12,20H,7-8,10-11,13H2. The van der Waals surface area contributed by atoms with E-state index in [0.29, 0.717) is 31.8 Å². The Morgan fingerprint density at radius 2 is 2.00 bits per heavy atom. The number of aromatic nitrogens is 1. The molecule has 0 atom stereocenters. The molecular weight excluding hydrogens is 282 g/mol. The number of hydrogen-bond donors (Lipinski definition) is 1. The summed E-state index contributed by atoms with van der Waals surface area (Å²) in [6.07, 6.45) is 2.86. The molecule has 0 spiro atoms. The fraction of sp³-hybridized carbons (Fsp3) is 0.353. The summed E-state index contributed by atoms with van der Waals surface area (Å²) in [5.74, 6) is 0.633. The van der Waals surface area contributed by atoms with E-state index >= 15 is 0 Å². The first kappa shape index (κ1) is 14.8. The van der Waals surface area contributed by atoms with Crippen molar-refractivity contribution in [2.45, 2.75) is 18.4 Å². The van der Waals surface area contributed by atoms with Crippen molar-refractivity contribution in [3.63, 3.8) is 0 Å². The average Bonchev–Trinajstić information content (AvgIpc) is 2.55. The SMILES string of the molecule is O=c1ccccn1-c1cccc(OCC2(O)CCOCC2)c1. The first-order chi connectivity index (χ1) is 10.7. The molecule has 2 aromatic rings. The first-order valence-corrected chi connectivity index (χ1v) is 7.37. The van der Waals surface area contributed by atoms with Crippen molar-refractivity contribution >= 4 is 0 Å². The Balaban J connectivity index is 1.74. The Morgan fingerprint density at radius 1 is 1.18 bits per heavy atom. The fourth-order valence-electron chi connectivity index (χ4n) is 2.48. The van der Waals surface area contributed by atoms with Crippen LogP contribution in [0.2, 0.25) is 0 Å². The van der Waals surface area contributed by atoms with Crippen molar-refractivity contribution in [1.29, 1.82) is 0 Å². The summed E-state index contributed by atoms with van der Waals surface area (Å²) in [4.78, 5) is 11.9. The minimum Gasteiger partial charge on any atom is -0.491 e. The summed E-state index contributed by atoms with van der Waals surface area (Å²) in [7, 11) is 0. The van der Waals surface area contributed by atoms with Crippen LogP contribution in [0.25, 0.3) is 5.69 Å². The zero-order valence-electron chi connectivity index (χ0n) is 12.3. The Morgan fingerprint density at radius 3 is 2.77 bits per heavy atom. The molecule has 0 aliphatic carbocycles. The van der Waals surface area contributed by atoms with Gasteiger partial charge >= 0.3 is 0 Å². The molecule has 116 valence electrons. The van der Waals surface area contributed by atoms with Gasteiger partial charge in [-0.2, -0.15) is 0 Å². The van der Waals surface area contributed by atoms with Gasteiger partial charge in [0.2, 0.25) is 0 Å². The molecule has 1 fully saturated rings. The van der Waals surface area contributed by atoms with Gasteiger partial charge in [-0.05, 0) is 18.2 Å². The second kappa shape index (κ2) is 6.34. The lowest BCUT2D eigenvalue weighted by molar-refractivity contribution is -0.0855. The molecule has 1 aromatic carbocycles. The van der Waals surface area contributed by atoms with Crippen molar-refractivity contribution in [2.75, 3.05) is 19.8 Å². The Kier molecular flexibility index (Phi) is 4.27. The molecule has 1 saturated heterocycles. The van der Waals surface area contributed by atoms with Crippen molar-refractivity contribution in [3.8, 4) is 11.4 Å². The Labute approximate surface area is 128 Å². The molecule has 1 N–H and O–H groups in total. The van der Waals surface area contributed by atoms with Gasteiger partial charge in [-0.1, -0.05) is 12.1 Å². The molecule has 5 heteroatoms. The molecule has 3 rings (SSSR count). The fourth-order valence-corrected chi connectivity index (χ4v) is 2.48. The van der Waals surface area contributed by atoms with Gasteiger partial charge < -0.3 is 14.6 Å². The van der Waals surface area contributed by atoms with E-state index in [4.69, 9.17) is 9.47 Å². The summed E-state index contributed by atoms with van der Waals surface area (Å²) >= 11 is 0. The second-order valence-electron chi connectivity index (χ2n) is 5.53. The maximum atomic E-state index is 11.9. The normalized spacial score (nSPS) is 17.1. The van der Waals surface area contributed by atoms with E-state index in [1.165, 1.54) is 6.07 Å². The number of pyridine rings is 1. The number of nitrogens with zero attached hydrogens (tertiary/aromatic N) is 1. The Hall–Kier alpha value is -2.11. The molecule has 0 saturated carbocycles. The Bertz CT molecular complexity index is 689. The van der Waals surface area contributed by atoms with Gasteiger partial charge in [-0.3, -0.25) is 9.36 Å². The van der Waals surface area contributed by atoms with E-state index in [0.717, 1.165) is 5.69 Å². The van der Waals surface area contributed by atoms with E-state index < -0.39 is 5.60 Å². The van der Waals surface area contributed by atoms with Crippen LogP contribution in [-0.4, -0.2) is 35.1 Å².